The highest BCUT2D eigenvalue weighted by atomic mass is 16.5. The number of rotatable bonds is 8. The number of ether oxygens (including phenoxy) is 1. The van der Waals surface area contributed by atoms with E-state index in [1.165, 1.54) is 0 Å². The molecular formula is C25H28N4O3. The summed E-state index contributed by atoms with van der Waals surface area (Å²) in [5, 5.41) is 7.15. The van der Waals surface area contributed by atoms with Crippen molar-refractivity contribution in [2.24, 2.45) is 5.10 Å². The molecular weight excluding hydrogens is 404 g/mol. The number of hydrogen-bond acceptors (Lipinski definition) is 5. The predicted octanol–water partition coefficient (Wildman–Crippen LogP) is 4.14. The van der Waals surface area contributed by atoms with Crippen molar-refractivity contribution in [1.29, 1.82) is 0 Å². The molecule has 0 spiro atoms. The summed E-state index contributed by atoms with van der Waals surface area (Å²) in [5.41, 5.74) is 8.49. The van der Waals surface area contributed by atoms with Crippen molar-refractivity contribution in [3.63, 3.8) is 0 Å². The third kappa shape index (κ3) is 5.43. The number of hydrazone groups is 1. The van der Waals surface area contributed by atoms with E-state index in [2.05, 4.69) is 15.8 Å². The van der Waals surface area contributed by atoms with E-state index in [4.69, 9.17) is 4.74 Å². The van der Waals surface area contributed by atoms with E-state index >= 15 is 0 Å². The summed E-state index contributed by atoms with van der Waals surface area (Å²) in [7, 11) is 0. The molecule has 0 bridgehead atoms. The lowest BCUT2D eigenvalue weighted by atomic mass is 10.1. The summed E-state index contributed by atoms with van der Waals surface area (Å²) in [4.78, 5) is 24.5. The molecule has 0 saturated heterocycles. The second kappa shape index (κ2) is 10.4. The topological polar surface area (TPSA) is 84.7 Å². The lowest BCUT2D eigenvalue weighted by Crippen LogP contribution is -2.25. The van der Waals surface area contributed by atoms with Gasteiger partial charge < -0.3 is 14.6 Å². The standard InChI is InChI=1S/C25H28N4O3/c1-5-32-25(31)22-8-6-7-9-23(22)29-18(3)14-20(19(29)4)15-27-28-24(30)16-26-21-12-10-17(2)11-13-21/h6-15,26H,5,16H2,1-4H3,(H,28,30)/b27-15-. The van der Waals surface area contributed by atoms with Crippen LogP contribution in [0.3, 0.4) is 0 Å². The molecule has 1 aromatic heterocycles. The minimum atomic E-state index is -0.362. The van der Waals surface area contributed by atoms with Gasteiger partial charge in [-0.25, -0.2) is 10.2 Å². The molecule has 0 saturated carbocycles. The highest BCUT2D eigenvalue weighted by molar-refractivity contribution is 5.94. The number of anilines is 1. The maximum absolute atomic E-state index is 12.4. The molecule has 2 N–H and O–H groups in total. The molecule has 32 heavy (non-hydrogen) atoms. The number of hydrogen-bond donors (Lipinski definition) is 2. The molecule has 1 heterocycles. The van der Waals surface area contributed by atoms with E-state index in [1.54, 1.807) is 19.2 Å². The Bertz CT molecular complexity index is 1130. The average molecular weight is 433 g/mol. The van der Waals surface area contributed by atoms with Gasteiger partial charge in [0.1, 0.15) is 0 Å². The second-order valence-electron chi connectivity index (χ2n) is 7.41. The number of amides is 1. The monoisotopic (exact) mass is 432 g/mol. The molecule has 166 valence electrons. The van der Waals surface area contributed by atoms with Crippen LogP contribution >= 0.6 is 0 Å². The highest BCUT2D eigenvalue weighted by Gasteiger charge is 2.17. The van der Waals surface area contributed by atoms with Crippen molar-refractivity contribution < 1.29 is 14.3 Å². The number of carbonyl (C=O) groups is 2. The van der Waals surface area contributed by atoms with Crippen LogP contribution in [0.2, 0.25) is 0 Å². The minimum Gasteiger partial charge on any atom is -0.462 e. The van der Waals surface area contributed by atoms with Gasteiger partial charge in [0, 0.05) is 22.6 Å². The second-order valence-corrected chi connectivity index (χ2v) is 7.41. The summed E-state index contributed by atoms with van der Waals surface area (Å²) in [6, 6.07) is 17.1. The van der Waals surface area contributed by atoms with Gasteiger partial charge in [-0.3, -0.25) is 4.79 Å². The zero-order valence-corrected chi connectivity index (χ0v) is 18.8. The zero-order valence-electron chi connectivity index (χ0n) is 18.8. The lowest BCUT2D eigenvalue weighted by molar-refractivity contribution is -0.119. The van der Waals surface area contributed by atoms with Gasteiger partial charge in [-0.15, -0.1) is 0 Å². The molecule has 0 aliphatic rings. The Hall–Kier alpha value is -3.87. The van der Waals surface area contributed by atoms with Crippen LogP contribution in [0.25, 0.3) is 5.69 Å². The van der Waals surface area contributed by atoms with E-state index in [0.29, 0.717) is 12.2 Å². The molecule has 0 atom stereocenters. The van der Waals surface area contributed by atoms with Gasteiger partial charge in [0.2, 0.25) is 0 Å². The van der Waals surface area contributed by atoms with Crippen molar-refractivity contribution in [2.75, 3.05) is 18.5 Å². The van der Waals surface area contributed by atoms with Crippen molar-refractivity contribution in [1.82, 2.24) is 9.99 Å². The first-order valence-electron chi connectivity index (χ1n) is 10.5. The summed E-state index contributed by atoms with van der Waals surface area (Å²) in [6.45, 7) is 8.12. The fourth-order valence-corrected chi connectivity index (χ4v) is 3.41. The Morgan fingerprint density at radius 1 is 1.06 bits per heavy atom. The van der Waals surface area contributed by atoms with Crippen LogP contribution in [0.1, 0.15) is 39.8 Å². The summed E-state index contributed by atoms with van der Waals surface area (Å²) in [6.07, 6.45) is 1.61. The smallest absolute Gasteiger partial charge is 0.340 e. The Kier molecular flexibility index (Phi) is 7.44. The Morgan fingerprint density at radius 2 is 1.78 bits per heavy atom. The van der Waals surface area contributed by atoms with E-state index in [-0.39, 0.29) is 18.4 Å². The van der Waals surface area contributed by atoms with Gasteiger partial charge in [0.25, 0.3) is 5.91 Å². The maximum atomic E-state index is 12.4. The summed E-state index contributed by atoms with van der Waals surface area (Å²) >= 11 is 0. The van der Waals surface area contributed by atoms with Gasteiger partial charge in [-0.05, 0) is 58.0 Å². The van der Waals surface area contributed by atoms with Crippen LogP contribution in [0.4, 0.5) is 5.69 Å². The van der Waals surface area contributed by atoms with Gasteiger partial charge in [-0.1, -0.05) is 29.8 Å². The number of nitrogens with zero attached hydrogens (tertiary/aromatic N) is 2. The number of para-hydroxylation sites is 1. The van der Waals surface area contributed by atoms with Crippen LogP contribution in [-0.2, 0) is 9.53 Å². The fourth-order valence-electron chi connectivity index (χ4n) is 3.41. The number of nitrogens with one attached hydrogen (secondary N) is 2. The van der Waals surface area contributed by atoms with Crippen LogP contribution < -0.4 is 10.7 Å². The van der Waals surface area contributed by atoms with Gasteiger partial charge >= 0.3 is 5.97 Å². The van der Waals surface area contributed by atoms with Crippen LogP contribution in [0.5, 0.6) is 0 Å². The molecule has 0 aliphatic carbocycles. The first-order chi connectivity index (χ1) is 15.4. The van der Waals surface area contributed by atoms with Crippen LogP contribution in [-0.4, -0.2) is 35.8 Å². The average Bonchev–Trinajstić information content (AvgIpc) is 3.06. The van der Waals surface area contributed by atoms with E-state index < -0.39 is 0 Å². The highest BCUT2D eigenvalue weighted by Crippen LogP contribution is 2.23. The molecule has 1 amide bonds. The van der Waals surface area contributed by atoms with Crippen molar-refractivity contribution in [3.8, 4) is 5.69 Å². The maximum Gasteiger partial charge on any atom is 0.340 e. The van der Waals surface area contributed by atoms with Crippen molar-refractivity contribution in [2.45, 2.75) is 27.7 Å². The third-order valence-electron chi connectivity index (χ3n) is 5.01. The molecule has 0 fully saturated rings. The number of carbonyl (C=O) groups excluding carboxylic acids is 2. The van der Waals surface area contributed by atoms with Gasteiger partial charge in [0.15, 0.2) is 0 Å². The Morgan fingerprint density at radius 3 is 2.50 bits per heavy atom. The SMILES string of the molecule is CCOC(=O)c1ccccc1-n1c(C)cc(/C=N\NC(=O)CNc2ccc(C)cc2)c1C. The predicted molar refractivity (Wildman–Crippen MR) is 127 cm³/mol. The molecule has 0 radical (unpaired) electrons. The van der Waals surface area contributed by atoms with Crippen molar-refractivity contribution in [3.05, 3.63) is 82.7 Å². The molecule has 3 rings (SSSR count). The molecule has 0 unspecified atom stereocenters. The first kappa shape index (κ1) is 22.8. The number of aryl methyl sites for hydroxylation is 2. The van der Waals surface area contributed by atoms with E-state index in [0.717, 1.165) is 33.9 Å². The molecule has 7 heteroatoms. The van der Waals surface area contributed by atoms with E-state index in [9.17, 15) is 9.59 Å². The Balaban J connectivity index is 1.70. The Labute approximate surface area is 188 Å². The molecule has 0 aliphatic heterocycles. The largest absolute Gasteiger partial charge is 0.462 e. The summed E-state index contributed by atoms with van der Waals surface area (Å²) < 4.78 is 7.18. The van der Waals surface area contributed by atoms with Crippen molar-refractivity contribution >= 4 is 23.8 Å². The first-order valence-corrected chi connectivity index (χ1v) is 10.5. The number of esters is 1. The molecule has 7 nitrogen and oxygen atoms in total. The van der Waals surface area contributed by atoms with Gasteiger partial charge in [-0.2, -0.15) is 5.10 Å². The zero-order chi connectivity index (χ0) is 23.1. The third-order valence-corrected chi connectivity index (χ3v) is 5.01. The number of benzene rings is 2. The minimum absolute atomic E-state index is 0.117. The molecule has 3 aromatic rings. The molecule has 2 aromatic carbocycles. The summed E-state index contributed by atoms with van der Waals surface area (Å²) in [5.74, 6) is -0.609. The normalized spacial score (nSPS) is 10.9. The fraction of sp³-hybridized carbons (Fsp3) is 0.240. The van der Waals surface area contributed by atoms with E-state index in [1.807, 2.05) is 73.9 Å². The quantitative estimate of drug-likeness (QED) is 0.318. The van der Waals surface area contributed by atoms with Gasteiger partial charge in [0.05, 0.1) is 30.6 Å². The van der Waals surface area contributed by atoms with Crippen LogP contribution in [0.15, 0.2) is 59.7 Å². The van der Waals surface area contributed by atoms with Crippen LogP contribution in [0, 0.1) is 20.8 Å². The number of aromatic nitrogens is 1. The lowest BCUT2D eigenvalue weighted by Gasteiger charge is -2.14.